The van der Waals surface area contributed by atoms with E-state index in [0.29, 0.717) is 5.72 Å². The minimum atomic E-state index is -0.516. The van der Waals surface area contributed by atoms with Crippen molar-refractivity contribution >= 4 is 29.8 Å². The highest BCUT2D eigenvalue weighted by Gasteiger charge is 2.20. The number of aromatic nitrogens is 2. The van der Waals surface area contributed by atoms with Crippen LogP contribution in [0.25, 0.3) is 10.9 Å². The average molecular weight is 269 g/mol. The van der Waals surface area contributed by atoms with Crippen molar-refractivity contribution in [2.24, 2.45) is 0 Å². The van der Waals surface area contributed by atoms with Gasteiger partial charge in [-0.1, -0.05) is 25.1 Å². The zero-order chi connectivity index (χ0) is 14.8. The van der Waals surface area contributed by atoms with Crippen LogP contribution in [0.5, 0.6) is 0 Å². The summed E-state index contributed by atoms with van der Waals surface area (Å²) in [6, 6.07) is 7.79. The molecule has 0 N–H and O–H groups in total. The maximum absolute atomic E-state index is 11.8. The molecule has 0 saturated heterocycles. The molecule has 0 aliphatic carbocycles. The number of ether oxygens (including phenoxy) is 1. The van der Waals surface area contributed by atoms with Crippen molar-refractivity contribution in [3.63, 3.8) is 0 Å². The summed E-state index contributed by atoms with van der Waals surface area (Å²) < 4.78 is 5.25. The second-order valence-electron chi connectivity index (χ2n) is 5.58. The van der Waals surface area contributed by atoms with Crippen LogP contribution in [-0.2, 0) is 11.2 Å². The lowest BCUT2D eigenvalue weighted by Crippen LogP contribution is -2.35. The van der Waals surface area contributed by atoms with Gasteiger partial charge >= 0.3 is 7.28 Å². The lowest BCUT2D eigenvalue weighted by molar-refractivity contribution is 0.0719. The molecule has 5 heteroatoms. The number of carbonyl (C=O) groups is 1. The minimum Gasteiger partial charge on any atom is -0.468 e. The number of rotatable bonds is 3. The lowest BCUT2D eigenvalue weighted by atomic mass is 9.77. The first-order chi connectivity index (χ1) is 9.39. The second kappa shape index (κ2) is 5.61. The second-order valence-corrected chi connectivity index (χ2v) is 5.58. The van der Waals surface area contributed by atoms with E-state index in [4.69, 9.17) is 4.74 Å². The molecule has 0 amide bonds. The lowest BCUT2D eigenvalue weighted by Gasteiger charge is -2.19. The van der Waals surface area contributed by atoms with Gasteiger partial charge in [0, 0.05) is 5.39 Å². The molecule has 0 saturated carbocycles. The summed E-state index contributed by atoms with van der Waals surface area (Å²) in [4.78, 5) is 20.6. The van der Waals surface area contributed by atoms with E-state index in [-0.39, 0.29) is 0 Å². The van der Waals surface area contributed by atoms with Crippen LogP contribution in [0.15, 0.2) is 24.3 Å². The molecule has 1 radical (unpaired) electrons. The monoisotopic (exact) mass is 269 g/mol. The van der Waals surface area contributed by atoms with Crippen molar-refractivity contribution in [3.05, 3.63) is 30.0 Å². The van der Waals surface area contributed by atoms with Crippen LogP contribution in [0.2, 0.25) is 0 Å². The Balaban J connectivity index is 2.29. The molecule has 2 rings (SSSR count). The third kappa shape index (κ3) is 3.56. The zero-order valence-electron chi connectivity index (χ0n) is 12.3. The fourth-order valence-corrected chi connectivity index (χ4v) is 1.93. The molecule has 4 nitrogen and oxygen atoms in total. The first-order valence-electron chi connectivity index (χ1n) is 6.72. The van der Waals surface area contributed by atoms with Crippen molar-refractivity contribution < 1.29 is 9.53 Å². The van der Waals surface area contributed by atoms with Gasteiger partial charge in [0.1, 0.15) is 5.60 Å². The van der Waals surface area contributed by atoms with Gasteiger partial charge in [0.15, 0.2) is 0 Å². The maximum atomic E-state index is 11.8. The molecule has 103 valence electrons. The largest absolute Gasteiger partial charge is 0.468 e. The summed E-state index contributed by atoms with van der Waals surface area (Å²) in [5, 5.41) is 1.02. The molecule has 1 aromatic heterocycles. The number of benzene rings is 1. The van der Waals surface area contributed by atoms with Crippen molar-refractivity contribution in [2.75, 3.05) is 0 Å². The van der Waals surface area contributed by atoms with Crippen molar-refractivity contribution in [1.82, 2.24) is 9.97 Å². The Morgan fingerprint density at radius 3 is 2.60 bits per heavy atom. The Labute approximate surface area is 119 Å². The Morgan fingerprint density at radius 2 is 1.95 bits per heavy atom. The van der Waals surface area contributed by atoms with E-state index in [1.54, 1.807) is 0 Å². The van der Waals surface area contributed by atoms with Gasteiger partial charge in [-0.3, -0.25) is 4.79 Å². The summed E-state index contributed by atoms with van der Waals surface area (Å²) in [6.07, 6.45) is 0.790. The van der Waals surface area contributed by atoms with E-state index in [1.807, 2.05) is 52.0 Å². The van der Waals surface area contributed by atoms with Gasteiger partial charge in [-0.25, -0.2) is 9.97 Å². The molecule has 0 aliphatic heterocycles. The van der Waals surface area contributed by atoms with E-state index >= 15 is 0 Å². The highest BCUT2D eigenvalue weighted by Crippen LogP contribution is 2.13. The molecule has 20 heavy (non-hydrogen) atoms. The van der Waals surface area contributed by atoms with Gasteiger partial charge in [0.2, 0.25) is 0 Å². The molecular weight excluding hydrogens is 251 g/mol. The number of para-hydroxylation sites is 1. The zero-order valence-corrected chi connectivity index (χ0v) is 12.3. The first-order valence-corrected chi connectivity index (χ1v) is 6.72. The van der Waals surface area contributed by atoms with Crippen LogP contribution in [0.3, 0.4) is 0 Å². The normalized spacial score (nSPS) is 11.4. The molecular formula is C15H18BN2O2. The van der Waals surface area contributed by atoms with Crippen LogP contribution < -0.4 is 5.72 Å². The van der Waals surface area contributed by atoms with Gasteiger partial charge in [-0.15, -0.1) is 0 Å². The number of hydrogen-bond acceptors (Lipinski definition) is 4. The van der Waals surface area contributed by atoms with Crippen LogP contribution in [0.4, 0.5) is 4.79 Å². The Kier molecular flexibility index (Phi) is 4.07. The molecule has 1 aromatic carbocycles. The van der Waals surface area contributed by atoms with Crippen molar-refractivity contribution in [1.29, 1.82) is 0 Å². The molecule has 0 aliphatic rings. The molecule has 2 aromatic rings. The van der Waals surface area contributed by atoms with Crippen molar-refractivity contribution in [3.8, 4) is 0 Å². The summed E-state index contributed by atoms with van der Waals surface area (Å²) >= 11 is 0. The Bertz CT molecular complexity index is 635. The predicted molar refractivity (Wildman–Crippen MR) is 80.5 cm³/mol. The molecule has 0 unspecified atom stereocenters. The van der Waals surface area contributed by atoms with E-state index in [9.17, 15) is 4.79 Å². The highest BCUT2D eigenvalue weighted by molar-refractivity contribution is 6.81. The van der Waals surface area contributed by atoms with E-state index in [0.717, 1.165) is 23.0 Å². The van der Waals surface area contributed by atoms with Crippen molar-refractivity contribution in [2.45, 2.75) is 39.7 Å². The van der Waals surface area contributed by atoms with E-state index < -0.39 is 11.5 Å². The molecule has 0 fully saturated rings. The maximum Gasteiger partial charge on any atom is 0.350 e. The number of carbonyl (C=O) groups excluding carboxylic acids is 1. The average Bonchev–Trinajstić information content (AvgIpc) is 2.35. The molecule has 1 heterocycles. The van der Waals surface area contributed by atoms with Crippen LogP contribution in [-0.4, -0.2) is 28.7 Å². The van der Waals surface area contributed by atoms with Gasteiger partial charge in [0.25, 0.3) is 5.87 Å². The van der Waals surface area contributed by atoms with E-state index in [1.165, 1.54) is 7.28 Å². The fraction of sp³-hybridized carbons (Fsp3) is 0.400. The van der Waals surface area contributed by atoms with Gasteiger partial charge in [-0.05, 0) is 33.3 Å². The quantitative estimate of drug-likeness (QED) is 0.803. The summed E-state index contributed by atoms with van der Waals surface area (Å²) in [6.45, 7) is 7.53. The fourth-order valence-electron chi connectivity index (χ4n) is 1.93. The summed E-state index contributed by atoms with van der Waals surface area (Å²) in [5.41, 5.74) is 1.66. The minimum absolute atomic E-state index is 0.398. The van der Waals surface area contributed by atoms with Crippen LogP contribution >= 0.6 is 0 Å². The van der Waals surface area contributed by atoms with Crippen LogP contribution in [0.1, 0.15) is 33.4 Å². The number of nitrogens with zero attached hydrogens (tertiary/aromatic N) is 2. The standard InChI is InChI=1S/C15H18BN2O2/c1-5-11-10-8-6-7-9-12(10)18-13(17-11)16-14(19)20-15(2,3)4/h6-9H,5H2,1-4H3. The number of hydrogen-bond donors (Lipinski definition) is 0. The summed E-state index contributed by atoms with van der Waals surface area (Å²) in [7, 11) is 1.34. The third-order valence-electron chi connectivity index (χ3n) is 2.69. The Morgan fingerprint density at radius 1 is 1.25 bits per heavy atom. The third-order valence-corrected chi connectivity index (χ3v) is 2.69. The van der Waals surface area contributed by atoms with Crippen LogP contribution in [0, 0.1) is 0 Å². The van der Waals surface area contributed by atoms with Gasteiger partial charge < -0.3 is 4.74 Å². The summed E-state index contributed by atoms with van der Waals surface area (Å²) in [5.74, 6) is -0.421. The molecule has 0 bridgehead atoms. The topological polar surface area (TPSA) is 52.1 Å². The van der Waals surface area contributed by atoms with Gasteiger partial charge in [0.05, 0.1) is 16.9 Å². The van der Waals surface area contributed by atoms with Gasteiger partial charge in [-0.2, -0.15) is 0 Å². The predicted octanol–water partition coefficient (Wildman–Crippen LogP) is 2.46. The van der Waals surface area contributed by atoms with E-state index in [2.05, 4.69) is 9.97 Å². The highest BCUT2D eigenvalue weighted by atomic mass is 16.5. The smallest absolute Gasteiger partial charge is 0.350 e. The Hall–Kier alpha value is -1.91. The number of fused-ring (bicyclic) bond motifs is 1. The number of aryl methyl sites for hydroxylation is 1. The first kappa shape index (κ1) is 14.5. The molecule has 0 atom stereocenters. The SMILES string of the molecule is CCc1nc([B]C(=O)OC(C)(C)C)nc2ccccc12. The molecule has 0 spiro atoms.